The average Bonchev–Trinajstić information content (AvgIpc) is 2.31. The molecule has 0 aromatic heterocycles. The van der Waals surface area contributed by atoms with Crippen molar-refractivity contribution >= 4 is 6.29 Å². The number of fused-ring (bicyclic) bond motifs is 1. The first kappa shape index (κ1) is 11.0. The molecule has 0 unspecified atom stereocenters. The van der Waals surface area contributed by atoms with Crippen LogP contribution in [0, 0.1) is 0 Å². The molecule has 2 rings (SSSR count). The summed E-state index contributed by atoms with van der Waals surface area (Å²) < 4.78 is 0. The standard InChI is InChI=1S/C11H12O.C2H6/c12-8-9-5-6-10-3-1-2-4-11(10)7-9;1-2/h5-8H,1-4H2;1-2H3. The molecule has 1 aromatic rings. The SMILES string of the molecule is CC.O=Cc1ccc2c(c1)CCCC2. The van der Waals surface area contributed by atoms with Gasteiger partial charge in [0.05, 0.1) is 0 Å². The Bertz CT molecular complexity index is 302. The van der Waals surface area contributed by atoms with Crippen LogP contribution in [0.15, 0.2) is 18.2 Å². The van der Waals surface area contributed by atoms with Gasteiger partial charge in [-0.25, -0.2) is 0 Å². The Morgan fingerprint density at radius 2 is 1.71 bits per heavy atom. The van der Waals surface area contributed by atoms with Crippen molar-refractivity contribution in [2.24, 2.45) is 0 Å². The summed E-state index contributed by atoms with van der Waals surface area (Å²) in [5.74, 6) is 0. The van der Waals surface area contributed by atoms with Crippen LogP contribution in [-0.2, 0) is 12.8 Å². The molecule has 0 aliphatic heterocycles. The minimum atomic E-state index is 0.815. The number of carbonyl (C=O) groups is 1. The third-order valence-electron chi connectivity index (χ3n) is 2.51. The summed E-state index contributed by atoms with van der Waals surface area (Å²) in [5.41, 5.74) is 3.63. The van der Waals surface area contributed by atoms with Gasteiger partial charge in [-0.15, -0.1) is 0 Å². The summed E-state index contributed by atoms with van der Waals surface area (Å²) in [6, 6.07) is 6.04. The van der Waals surface area contributed by atoms with E-state index in [2.05, 4.69) is 6.07 Å². The van der Waals surface area contributed by atoms with E-state index < -0.39 is 0 Å². The Morgan fingerprint density at radius 1 is 1.07 bits per heavy atom. The van der Waals surface area contributed by atoms with E-state index >= 15 is 0 Å². The highest BCUT2D eigenvalue weighted by atomic mass is 16.1. The van der Waals surface area contributed by atoms with Crippen LogP contribution < -0.4 is 0 Å². The quantitative estimate of drug-likeness (QED) is 0.620. The first-order valence-corrected chi connectivity index (χ1v) is 5.47. The smallest absolute Gasteiger partial charge is 0.150 e. The highest BCUT2D eigenvalue weighted by molar-refractivity contribution is 5.75. The number of carbonyl (C=O) groups excluding carboxylic acids is 1. The van der Waals surface area contributed by atoms with Crippen LogP contribution in [0.5, 0.6) is 0 Å². The molecule has 0 radical (unpaired) electrons. The number of rotatable bonds is 1. The summed E-state index contributed by atoms with van der Waals surface area (Å²) in [7, 11) is 0. The zero-order valence-electron chi connectivity index (χ0n) is 9.05. The van der Waals surface area contributed by atoms with Crippen LogP contribution in [0.2, 0.25) is 0 Å². The number of benzene rings is 1. The molecule has 0 saturated heterocycles. The first-order chi connectivity index (χ1) is 6.90. The van der Waals surface area contributed by atoms with Crippen molar-refractivity contribution in [3.8, 4) is 0 Å². The Kier molecular flexibility index (Phi) is 4.37. The molecule has 0 N–H and O–H groups in total. The summed E-state index contributed by atoms with van der Waals surface area (Å²) in [4.78, 5) is 10.5. The van der Waals surface area contributed by atoms with Crippen molar-refractivity contribution in [2.45, 2.75) is 39.5 Å². The zero-order valence-corrected chi connectivity index (χ0v) is 9.05. The molecule has 0 amide bonds. The van der Waals surface area contributed by atoms with E-state index in [1.807, 2.05) is 26.0 Å². The lowest BCUT2D eigenvalue weighted by molar-refractivity contribution is 0.112. The van der Waals surface area contributed by atoms with Crippen LogP contribution in [0.1, 0.15) is 48.2 Å². The predicted molar refractivity (Wildman–Crippen MR) is 59.8 cm³/mol. The van der Waals surface area contributed by atoms with Crippen molar-refractivity contribution in [3.63, 3.8) is 0 Å². The molecule has 0 saturated carbocycles. The molecule has 0 spiro atoms. The lowest BCUT2D eigenvalue weighted by atomic mass is 9.91. The van der Waals surface area contributed by atoms with Crippen molar-refractivity contribution in [1.82, 2.24) is 0 Å². The molecular weight excluding hydrogens is 172 g/mol. The highest BCUT2D eigenvalue weighted by Gasteiger charge is 2.08. The third kappa shape index (κ3) is 2.44. The molecule has 14 heavy (non-hydrogen) atoms. The Balaban J connectivity index is 0.000000461. The van der Waals surface area contributed by atoms with Gasteiger partial charge in [0.15, 0.2) is 0 Å². The van der Waals surface area contributed by atoms with Gasteiger partial charge >= 0.3 is 0 Å². The van der Waals surface area contributed by atoms with Crippen LogP contribution >= 0.6 is 0 Å². The maximum absolute atomic E-state index is 10.5. The van der Waals surface area contributed by atoms with Gasteiger partial charge in [-0.2, -0.15) is 0 Å². The topological polar surface area (TPSA) is 17.1 Å². The van der Waals surface area contributed by atoms with Gasteiger partial charge in [0, 0.05) is 5.56 Å². The number of hydrogen-bond donors (Lipinski definition) is 0. The van der Waals surface area contributed by atoms with Gasteiger partial charge < -0.3 is 0 Å². The third-order valence-corrected chi connectivity index (χ3v) is 2.51. The molecule has 1 nitrogen and oxygen atoms in total. The lowest BCUT2D eigenvalue weighted by Gasteiger charge is -2.15. The van der Waals surface area contributed by atoms with Gasteiger partial charge in [0.25, 0.3) is 0 Å². The predicted octanol–water partition coefficient (Wildman–Crippen LogP) is 3.40. The van der Waals surface area contributed by atoms with Gasteiger partial charge in [0.1, 0.15) is 6.29 Å². The van der Waals surface area contributed by atoms with Crippen molar-refractivity contribution in [2.75, 3.05) is 0 Å². The van der Waals surface area contributed by atoms with E-state index in [0.29, 0.717) is 0 Å². The molecular formula is C13H18O. The van der Waals surface area contributed by atoms with Crippen LogP contribution in [0.3, 0.4) is 0 Å². The van der Waals surface area contributed by atoms with E-state index in [0.717, 1.165) is 18.3 Å². The molecule has 1 aliphatic rings. The van der Waals surface area contributed by atoms with Crippen molar-refractivity contribution in [1.29, 1.82) is 0 Å². The molecule has 1 aliphatic carbocycles. The van der Waals surface area contributed by atoms with Crippen molar-refractivity contribution < 1.29 is 4.79 Å². The summed E-state index contributed by atoms with van der Waals surface area (Å²) >= 11 is 0. The summed E-state index contributed by atoms with van der Waals surface area (Å²) in [6.07, 6.45) is 5.84. The van der Waals surface area contributed by atoms with Gasteiger partial charge in [-0.05, 0) is 42.9 Å². The van der Waals surface area contributed by atoms with Crippen LogP contribution in [0.25, 0.3) is 0 Å². The summed E-state index contributed by atoms with van der Waals surface area (Å²) in [5, 5.41) is 0. The van der Waals surface area contributed by atoms with E-state index in [4.69, 9.17) is 0 Å². The molecule has 1 aromatic carbocycles. The van der Waals surface area contributed by atoms with Crippen LogP contribution in [0.4, 0.5) is 0 Å². The second-order valence-electron chi connectivity index (χ2n) is 3.35. The molecule has 0 atom stereocenters. The second-order valence-corrected chi connectivity index (χ2v) is 3.35. The minimum Gasteiger partial charge on any atom is -0.298 e. The highest BCUT2D eigenvalue weighted by Crippen LogP contribution is 2.21. The van der Waals surface area contributed by atoms with E-state index in [-0.39, 0.29) is 0 Å². The van der Waals surface area contributed by atoms with Gasteiger partial charge in [0.2, 0.25) is 0 Å². The second kappa shape index (κ2) is 5.58. The molecule has 0 heterocycles. The number of aldehydes is 1. The normalized spacial score (nSPS) is 13.6. The fourth-order valence-corrected chi connectivity index (χ4v) is 1.83. The monoisotopic (exact) mass is 190 g/mol. The van der Waals surface area contributed by atoms with E-state index in [1.54, 1.807) is 0 Å². The zero-order chi connectivity index (χ0) is 10.4. The fourth-order valence-electron chi connectivity index (χ4n) is 1.83. The lowest BCUT2D eigenvalue weighted by Crippen LogP contribution is -2.02. The van der Waals surface area contributed by atoms with E-state index in [1.165, 1.54) is 30.4 Å². The molecule has 0 bridgehead atoms. The Hall–Kier alpha value is -1.11. The Labute approximate surface area is 86.1 Å². The maximum Gasteiger partial charge on any atom is 0.150 e. The molecule has 0 fully saturated rings. The average molecular weight is 190 g/mol. The largest absolute Gasteiger partial charge is 0.298 e. The maximum atomic E-state index is 10.5. The molecule has 1 heteroatoms. The molecule has 76 valence electrons. The fraction of sp³-hybridized carbons (Fsp3) is 0.462. The van der Waals surface area contributed by atoms with Gasteiger partial charge in [-0.1, -0.05) is 26.0 Å². The Morgan fingerprint density at radius 3 is 2.36 bits per heavy atom. The van der Waals surface area contributed by atoms with Gasteiger partial charge in [-0.3, -0.25) is 4.79 Å². The first-order valence-electron chi connectivity index (χ1n) is 5.47. The number of aryl methyl sites for hydroxylation is 2. The number of hydrogen-bond acceptors (Lipinski definition) is 1. The van der Waals surface area contributed by atoms with Crippen molar-refractivity contribution in [3.05, 3.63) is 34.9 Å². The minimum absolute atomic E-state index is 0.815. The summed E-state index contributed by atoms with van der Waals surface area (Å²) in [6.45, 7) is 4.00. The van der Waals surface area contributed by atoms with E-state index in [9.17, 15) is 4.79 Å². The van der Waals surface area contributed by atoms with Crippen LogP contribution in [-0.4, -0.2) is 6.29 Å².